The number of hydrogen-bond donors (Lipinski definition) is 0. The summed E-state index contributed by atoms with van der Waals surface area (Å²) in [7, 11) is 0. The SMILES string of the molecule is C[C@H]1CN(C(=O)c2ccc3c(c2)OCCO3)CCN1C(=O)OC(C)(C)C. The molecular weight excluding hydrogens is 336 g/mol. The van der Waals surface area contributed by atoms with E-state index in [0.717, 1.165) is 0 Å². The van der Waals surface area contributed by atoms with E-state index in [2.05, 4.69) is 0 Å². The van der Waals surface area contributed by atoms with Crippen LogP contribution in [0.5, 0.6) is 11.5 Å². The van der Waals surface area contributed by atoms with E-state index in [4.69, 9.17) is 14.2 Å². The molecule has 7 nitrogen and oxygen atoms in total. The van der Waals surface area contributed by atoms with Crippen molar-refractivity contribution in [3.05, 3.63) is 23.8 Å². The largest absolute Gasteiger partial charge is 0.486 e. The summed E-state index contributed by atoms with van der Waals surface area (Å²) in [5.41, 5.74) is 0.0294. The van der Waals surface area contributed by atoms with Gasteiger partial charge in [-0.2, -0.15) is 0 Å². The molecule has 3 rings (SSSR count). The molecule has 0 radical (unpaired) electrons. The van der Waals surface area contributed by atoms with Crippen molar-refractivity contribution in [3.8, 4) is 11.5 Å². The first kappa shape index (κ1) is 18.4. The van der Waals surface area contributed by atoms with E-state index >= 15 is 0 Å². The maximum Gasteiger partial charge on any atom is 0.410 e. The molecule has 26 heavy (non-hydrogen) atoms. The molecule has 2 aliphatic heterocycles. The van der Waals surface area contributed by atoms with Crippen LogP contribution in [0.15, 0.2) is 18.2 Å². The summed E-state index contributed by atoms with van der Waals surface area (Å²) in [4.78, 5) is 28.6. The Hall–Kier alpha value is -2.44. The minimum atomic E-state index is -0.533. The molecule has 0 aliphatic carbocycles. The number of piperazine rings is 1. The molecule has 142 valence electrons. The van der Waals surface area contributed by atoms with E-state index in [1.165, 1.54) is 0 Å². The van der Waals surface area contributed by atoms with Gasteiger partial charge in [-0.3, -0.25) is 4.79 Å². The number of hydrogen-bond acceptors (Lipinski definition) is 5. The van der Waals surface area contributed by atoms with Gasteiger partial charge in [0.15, 0.2) is 11.5 Å². The van der Waals surface area contributed by atoms with Crippen LogP contribution in [0.2, 0.25) is 0 Å². The van der Waals surface area contributed by atoms with Crippen LogP contribution in [0, 0.1) is 0 Å². The molecule has 2 heterocycles. The van der Waals surface area contributed by atoms with Gasteiger partial charge < -0.3 is 24.0 Å². The molecule has 0 unspecified atom stereocenters. The highest BCUT2D eigenvalue weighted by Crippen LogP contribution is 2.31. The van der Waals surface area contributed by atoms with Gasteiger partial charge in [-0.15, -0.1) is 0 Å². The Morgan fingerprint density at radius 2 is 1.81 bits per heavy atom. The fourth-order valence-corrected chi connectivity index (χ4v) is 3.09. The Balaban J connectivity index is 1.65. The van der Waals surface area contributed by atoms with Crippen molar-refractivity contribution in [2.24, 2.45) is 0 Å². The van der Waals surface area contributed by atoms with Crippen LogP contribution in [0.4, 0.5) is 4.79 Å². The van der Waals surface area contributed by atoms with Crippen molar-refractivity contribution in [2.45, 2.75) is 39.3 Å². The first-order chi connectivity index (χ1) is 12.2. The zero-order valence-electron chi connectivity index (χ0n) is 15.8. The van der Waals surface area contributed by atoms with E-state index in [1.54, 1.807) is 28.0 Å². The normalized spacial score (nSPS) is 19.9. The fraction of sp³-hybridized carbons (Fsp3) is 0.579. The van der Waals surface area contributed by atoms with E-state index in [-0.39, 0.29) is 18.0 Å². The van der Waals surface area contributed by atoms with Gasteiger partial charge in [-0.05, 0) is 45.9 Å². The Bertz CT molecular complexity index is 698. The number of fused-ring (bicyclic) bond motifs is 1. The Labute approximate surface area is 153 Å². The molecule has 0 N–H and O–H groups in total. The van der Waals surface area contributed by atoms with Gasteiger partial charge >= 0.3 is 6.09 Å². The van der Waals surface area contributed by atoms with E-state index in [9.17, 15) is 9.59 Å². The topological polar surface area (TPSA) is 68.3 Å². The van der Waals surface area contributed by atoms with Gasteiger partial charge in [0.1, 0.15) is 18.8 Å². The van der Waals surface area contributed by atoms with Crippen molar-refractivity contribution in [1.82, 2.24) is 9.80 Å². The van der Waals surface area contributed by atoms with Gasteiger partial charge in [0.2, 0.25) is 0 Å². The second-order valence-corrected chi connectivity index (χ2v) is 7.63. The van der Waals surface area contributed by atoms with Crippen LogP contribution in [0.3, 0.4) is 0 Å². The van der Waals surface area contributed by atoms with E-state index in [1.807, 2.05) is 27.7 Å². The molecule has 0 saturated carbocycles. The standard InChI is InChI=1S/C19H26N2O5/c1-13-12-20(7-8-21(13)18(23)26-19(2,3)4)17(22)14-5-6-15-16(11-14)25-10-9-24-15/h5-6,11,13H,7-10,12H2,1-4H3/t13-/m0/s1. The third kappa shape index (κ3) is 4.03. The van der Waals surface area contributed by atoms with Gasteiger partial charge in [0.25, 0.3) is 5.91 Å². The first-order valence-corrected chi connectivity index (χ1v) is 8.93. The number of benzene rings is 1. The molecule has 1 saturated heterocycles. The Morgan fingerprint density at radius 3 is 2.46 bits per heavy atom. The third-order valence-corrected chi connectivity index (χ3v) is 4.33. The van der Waals surface area contributed by atoms with Crippen molar-refractivity contribution in [2.75, 3.05) is 32.8 Å². The molecule has 0 bridgehead atoms. The van der Waals surface area contributed by atoms with Crippen molar-refractivity contribution < 1.29 is 23.8 Å². The van der Waals surface area contributed by atoms with Crippen LogP contribution < -0.4 is 9.47 Å². The highest BCUT2D eigenvalue weighted by molar-refractivity contribution is 5.95. The van der Waals surface area contributed by atoms with Gasteiger partial charge in [0.05, 0.1) is 0 Å². The minimum Gasteiger partial charge on any atom is -0.486 e. The Kier molecular flexibility index (Phi) is 4.98. The molecule has 1 fully saturated rings. The smallest absolute Gasteiger partial charge is 0.410 e. The third-order valence-electron chi connectivity index (χ3n) is 4.33. The monoisotopic (exact) mass is 362 g/mol. The molecule has 0 spiro atoms. The summed E-state index contributed by atoms with van der Waals surface area (Å²) >= 11 is 0. The molecular formula is C19H26N2O5. The summed E-state index contributed by atoms with van der Waals surface area (Å²) in [6.45, 7) is 9.84. The first-order valence-electron chi connectivity index (χ1n) is 8.93. The second-order valence-electron chi connectivity index (χ2n) is 7.63. The average Bonchev–Trinajstić information content (AvgIpc) is 2.59. The van der Waals surface area contributed by atoms with Crippen LogP contribution in [-0.2, 0) is 4.74 Å². The Morgan fingerprint density at radius 1 is 1.12 bits per heavy atom. The molecule has 2 amide bonds. The van der Waals surface area contributed by atoms with Crippen LogP contribution >= 0.6 is 0 Å². The number of amides is 2. The molecule has 1 atom stereocenters. The predicted molar refractivity (Wildman–Crippen MR) is 95.7 cm³/mol. The van der Waals surface area contributed by atoms with Crippen molar-refractivity contribution in [3.63, 3.8) is 0 Å². The second kappa shape index (κ2) is 7.05. The average molecular weight is 362 g/mol. The fourth-order valence-electron chi connectivity index (χ4n) is 3.09. The highest BCUT2D eigenvalue weighted by Gasteiger charge is 2.33. The number of carbonyl (C=O) groups excluding carboxylic acids is 2. The lowest BCUT2D eigenvalue weighted by molar-refractivity contribution is 0.00198. The lowest BCUT2D eigenvalue weighted by atomic mass is 10.1. The summed E-state index contributed by atoms with van der Waals surface area (Å²) in [6, 6.07) is 5.13. The summed E-state index contributed by atoms with van der Waals surface area (Å²) in [5.74, 6) is 1.19. The van der Waals surface area contributed by atoms with Gasteiger partial charge in [0, 0.05) is 31.2 Å². The molecule has 1 aromatic carbocycles. The zero-order chi connectivity index (χ0) is 18.9. The number of rotatable bonds is 1. The molecule has 1 aromatic rings. The minimum absolute atomic E-state index is 0.0716. The van der Waals surface area contributed by atoms with Crippen LogP contribution in [0.1, 0.15) is 38.1 Å². The lowest BCUT2D eigenvalue weighted by Gasteiger charge is -2.40. The van der Waals surface area contributed by atoms with Crippen molar-refractivity contribution in [1.29, 1.82) is 0 Å². The van der Waals surface area contributed by atoms with E-state index in [0.29, 0.717) is 49.9 Å². The van der Waals surface area contributed by atoms with E-state index < -0.39 is 5.60 Å². The summed E-state index contributed by atoms with van der Waals surface area (Å²) in [6.07, 6.45) is -0.337. The maximum atomic E-state index is 12.8. The number of carbonyl (C=O) groups is 2. The van der Waals surface area contributed by atoms with Crippen LogP contribution in [-0.4, -0.2) is 66.3 Å². The summed E-state index contributed by atoms with van der Waals surface area (Å²) < 4.78 is 16.5. The highest BCUT2D eigenvalue weighted by atomic mass is 16.6. The predicted octanol–water partition coefficient (Wildman–Crippen LogP) is 2.54. The van der Waals surface area contributed by atoms with Crippen molar-refractivity contribution >= 4 is 12.0 Å². The molecule has 7 heteroatoms. The summed E-state index contributed by atoms with van der Waals surface area (Å²) in [5, 5.41) is 0. The van der Waals surface area contributed by atoms with Gasteiger partial charge in [-0.25, -0.2) is 4.79 Å². The maximum absolute atomic E-state index is 12.8. The zero-order valence-corrected chi connectivity index (χ0v) is 15.8. The van der Waals surface area contributed by atoms with Gasteiger partial charge in [-0.1, -0.05) is 0 Å². The number of nitrogens with zero attached hydrogens (tertiary/aromatic N) is 2. The molecule has 2 aliphatic rings. The van der Waals surface area contributed by atoms with Crippen LogP contribution in [0.25, 0.3) is 0 Å². The lowest BCUT2D eigenvalue weighted by Crippen LogP contribution is -2.56. The number of ether oxygens (including phenoxy) is 3. The quantitative estimate of drug-likeness (QED) is 0.768. The molecule has 0 aromatic heterocycles.